The van der Waals surface area contributed by atoms with Crippen molar-refractivity contribution in [2.45, 2.75) is 69.1 Å². The van der Waals surface area contributed by atoms with Crippen molar-refractivity contribution >= 4 is 47.3 Å². The van der Waals surface area contributed by atoms with Gasteiger partial charge in [-0.2, -0.15) is 0 Å². The fourth-order valence-corrected chi connectivity index (χ4v) is 4.41. The molecule has 0 radical (unpaired) electrons. The lowest BCUT2D eigenvalue weighted by molar-refractivity contribution is -0.142. The van der Waals surface area contributed by atoms with E-state index in [1.807, 2.05) is 0 Å². The number of aliphatic carboxylic acids is 1. The van der Waals surface area contributed by atoms with Crippen LogP contribution in [0.2, 0.25) is 0 Å². The topological polar surface area (TPSA) is 301 Å². The highest BCUT2D eigenvalue weighted by atomic mass is 16.4. The molecule has 18 heteroatoms. The van der Waals surface area contributed by atoms with E-state index in [2.05, 4.69) is 31.9 Å². The Bertz CT molecular complexity index is 1280. The van der Waals surface area contributed by atoms with Gasteiger partial charge in [0.15, 0.2) is 0 Å². The number of nitrogens with one attached hydrogen (secondary N) is 6. The summed E-state index contributed by atoms with van der Waals surface area (Å²) in [6.07, 6.45) is 0.338. The second-order valence-electron chi connectivity index (χ2n) is 10.6. The molecule has 0 unspecified atom stereocenters. The van der Waals surface area contributed by atoms with Crippen molar-refractivity contribution in [3.8, 4) is 5.75 Å². The summed E-state index contributed by atoms with van der Waals surface area (Å²) in [5.74, 6) is -6.63. The molecule has 12 N–H and O–H groups in total. The molecule has 7 amide bonds. The van der Waals surface area contributed by atoms with Crippen molar-refractivity contribution in [3.63, 3.8) is 0 Å². The van der Waals surface area contributed by atoms with Crippen LogP contribution in [0.1, 0.15) is 44.1 Å². The lowest BCUT2D eigenvalue weighted by atomic mass is 10.0. The molecule has 18 nitrogen and oxygen atoms in total. The SMILES string of the molecule is NC(=O)CC[C@H](NC(=O)[C@H](Cc1ccc(O)cc1)NC(=O)CNC(=O)CNC(=O)[C@H](CCC(N)=O)NC(=O)[C@@H]1CCCN1)C(=O)O. The molecule has 1 aromatic carbocycles. The Kier molecular flexibility index (Phi) is 14.9. The zero-order valence-electron chi connectivity index (χ0n) is 25.0. The summed E-state index contributed by atoms with van der Waals surface area (Å²) in [4.78, 5) is 97.1. The highest BCUT2D eigenvalue weighted by molar-refractivity contribution is 5.94. The van der Waals surface area contributed by atoms with Crippen LogP contribution < -0.4 is 43.4 Å². The Morgan fingerprint density at radius 1 is 0.783 bits per heavy atom. The van der Waals surface area contributed by atoms with Crippen LogP contribution in [-0.4, -0.2) is 101 Å². The number of carbonyl (C=O) groups is 8. The van der Waals surface area contributed by atoms with Crippen molar-refractivity contribution in [1.82, 2.24) is 31.9 Å². The van der Waals surface area contributed by atoms with Gasteiger partial charge in [-0.15, -0.1) is 0 Å². The molecular weight excluding hydrogens is 608 g/mol. The molecule has 1 heterocycles. The second-order valence-corrected chi connectivity index (χ2v) is 10.6. The van der Waals surface area contributed by atoms with E-state index < -0.39 is 84.6 Å². The maximum atomic E-state index is 13.0. The van der Waals surface area contributed by atoms with E-state index in [4.69, 9.17) is 11.5 Å². The predicted octanol–water partition coefficient (Wildman–Crippen LogP) is -4.01. The van der Waals surface area contributed by atoms with Gasteiger partial charge in [0.25, 0.3) is 0 Å². The Morgan fingerprint density at radius 2 is 1.39 bits per heavy atom. The van der Waals surface area contributed by atoms with Gasteiger partial charge in [0.05, 0.1) is 19.1 Å². The van der Waals surface area contributed by atoms with Crippen molar-refractivity contribution in [2.75, 3.05) is 19.6 Å². The maximum Gasteiger partial charge on any atom is 0.326 e. The molecule has 0 aliphatic carbocycles. The first-order chi connectivity index (χ1) is 21.7. The zero-order chi connectivity index (χ0) is 34.2. The van der Waals surface area contributed by atoms with E-state index in [0.717, 1.165) is 6.42 Å². The summed E-state index contributed by atoms with van der Waals surface area (Å²) in [5.41, 5.74) is 10.7. The number of nitrogens with two attached hydrogens (primary N) is 2. The van der Waals surface area contributed by atoms with Crippen molar-refractivity contribution in [2.24, 2.45) is 11.5 Å². The largest absolute Gasteiger partial charge is 0.508 e. The molecule has 2 rings (SSSR count). The van der Waals surface area contributed by atoms with Crippen LogP contribution in [0.3, 0.4) is 0 Å². The van der Waals surface area contributed by atoms with Gasteiger partial charge in [-0.1, -0.05) is 12.1 Å². The van der Waals surface area contributed by atoms with Gasteiger partial charge in [0.2, 0.25) is 41.4 Å². The fourth-order valence-electron chi connectivity index (χ4n) is 4.41. The summed E-state index contributed by atoms with van der Waals surface area (Å²) < 4.78 is 0. The number of carbonyl (C=O) groups excluding carboxylic acids is 7. The number of hydrogen-bond donors (Lipinski definition) is 10. The quantitative estimate of drug-likeness (QED) is 0.0689. The number of carboxylic acid groups (broad SMARTS) is 1. The smallest absolute Gasteiger partial charge is 0.326 e. The summed E-state index contributed by atoms with van der Waals surface area (Å²) in [5, 5.41) is 33.8. The molecule has 1 aliphatic rings. The number of amides is 7. The molecule has 1 aliphatic heterocycles. The third-order valence-corrected chi connectivity index (χ3v) is 6.88. The van der Waals surface area contributed by atoms with E-state index in [1.165, 1.54) is 24.3 Å². The van der Waals surface area contributed by atoms with Gasteiger partial charge in [-0.25, -0.2) is 4.79 Å². The Labute approximate surface area is 263 Å². The first-order valence-corrected chi connectivity index (χ1v) is 14.5. The molecule has 252 valence electrons. The van der Waals surface area contributed by atoms with Crippen LogP contribution in [0, 0.1) is 0 Å². The summed E-state index contributed by atoms with van der Waals surface area (Å²) in [6, 6.07) is 1.23. The van der Waals surface area contributed by atoms with Crippen LogP contribution >= 0.6 is 0 Å². The van der Waals surface area contributed by atoms with E-state index in [-0.39, 0.29) is 37.9 Å². The molecule has 0 spiro atoms. The van der Waals surface area contributed by atoms with E-state index in [9.17, 15) is 48.6 Å². The van der Waals surface area contributed by atoms with Crippen LogP contribution in [-0.2, 0) is 44.8 Å². The number of aromatic hydroxyl groups is 1. The van der Waals surface area contributed by atoms with E-state index >= 15 is 0 Å². The zero-order valence-corrected chi connectivity index (χ0v) is 25.0. The predicted molar refractivity (Wildman–Crippen MR) is 159 cm³/mol. The first kappa shape index (κ1) is 36.9. The van der Waals surface area contributed by atoms with Crippen LogP contribution in [0.25, 0.3) is 0 Å². The third kappa shape index (κ3) is 13.6. The molecule has 1 aromatic rings. The van der Waals surface area contributed by atoms with Crippen molar-refractivity contribution < 1.29 is 48.6 Å². The normalized spacial score (nSPS) is 15.8. The van der Waals surface area contributed by atoms with Crippen LogP contribution in [0.5, 0.6) is 5.75 Å². The molecule has 0 saturated carbocycles. The van der Waals surface area contributed by atoms with Crippen molar-refractivity contribution in [3.05, 3.63) is 29.8 Å². The van der Waals surface area contributed by atoms with E-state index in [0.29, 0.717) is 18.5 Å². The van der Waals surface area contributed by atoms with Gasteiger partial charge in [0, 0.05) is 19.3 Å². The molecule has 46 heavy (non-hydrogen) atoms. The first-order valence-electron chi connectivity index (χ1n) is 14.5. The number of phenols is 1. The Morgan fingerprint density at radius 3 is 1.96 bits per heavy atom. The van der Waals surface area contributed by atoms with Crippen molar-refractivity contribution in [1.29, 1.82) is 0 Å². The fraction of sp³-hybridized carbons (Fsp3) is 0.500. The molecule has 1 fully saturated rings. The number of phenolic OH excluding ortho intramolecular Hbond substituents is 1. The molecule has 1 saturated heterocycles. The van der Waals surface area contributed by atoms with Gasteiger partial charge < -0.3 is 53.6 Å². The minimum Gasteiger partial charge on any atom is -0.508 e. The standard InChI is InChI=1S/C28H40N8O10/c29-21(38)9-7-18(35-26(43)17-2-1-11-31-17)25(42)33-13-23(40)32-14-24(41)34-20(12-15-3-5-16(37)6-4-15)27(44)36-19(28(45)46)8-10-22(30)39/h3-6,17-20,31,37H,1-2,7-14H2,(H2,29,38)(H2,30,39)(H,32,40)(H,33,42)(H,34,41)(H,35,43)(H,36,44)(H,45,46)/t17-,18-,19-,20-/m0/s1. The highest BCUT2D eigenvalue weighted by Gasteiger charge is 2.29. The number of hydrogen-bond acceptors (Lipinski definition) is 10. The number of carboxylic acids is 1. The van der Waals surface area contributed by atoms with Crippen LogP contribution in [0.4, 0.5) is 0 Å². The molecule has 0 bridgehead atoms. The number of rotatable bonds is 19. The Hall–Kier alpha value is -5.26. The van der Waals surface area contributed by atoms with Gasteiger partial charge in [-0.05, 0) is 49.9 Å². The lowest BCUT2D eigenvalue weighted by Gasteiger charge is -2.22. The van der Waals surface area contributed by atoms with Gasteiger partial charge in [-0.3, -0.25) is 33.6 Å². The van der Waals surface area contributed by atoms with Crippen LogP contribution in [0.15, 0.2) is 24.3 Å². The summed E-state index contributed by atoms with van der Waals surface area (Å²) >= 11 is 0. The van der Waals surface area contributed by atoms with E-state index in [1.54, 1.807) is 0 Å². The average Bonchev–Trinajstić information content (AvgIpc) is 3.54. The number of primary amides is 2. The minimum atomic E-state index is -1.48. The van der Waals surface area contributed by atoms with Gasteiger partial charge in [0.1, 0.15) is 23.9 Å². The summed E-state index contributed by atoms with van der Waals surface area (Å²) in [6.45, 7) is -0.576. The second kappa shape index (κ2) is 18.5. The lowest BCUT2D eigenvalue weighted by Crippen LogP contribution is -2.54. The molecule has 0 aromatic heterocycles. The maximum absolute atomic E-state index is 13.0. The number of benzene rings is 1. The molecular formula is C28H40N8O10. The average molecular weight is 649 g/mol. The highest BCUT2D eigenvalue weighted by Crippen LogP contribution is 2.12. The Balaban J connectivity index is 1.96. The van der Waals surface area contributed by atoms with Gasteiger partial charge >= 0.3 is 5.97 Å². The molecule has 4 atom stereocenters. The monoisotopic (exact) mass is 648 g/mol. The summed E-state index contributed by atoms with van der Waals surface area (Å²) in [7, 11) is 0. The minimum absolute atomic E-state index is 0.0478. The third-order valence-electron chi connectivity index (χ3n) is 6.88.